The second-order valence-corrected chi connectivity index (χ2v) is 11.0. The molecule has 0 saturated heterocycles. The lowest BCUT2D eigenvalue weighted by Gasteiger charge is -2.39. The molecule has 0 spiro atoms. The van der Waals surface area contributed by atoms with Gasteiger partial charge in [-0.1, -0.05) is 12.1 Å². The SMILES string of the molecule is CC=O.CC[N+]1(CC)CCc2c(sc(NC)c2-c2nc3ccccc3s2)C1.COS(=O)C(F)(F)F. The van der Waals surface area contributed by atoms with Gasteiger partial charge in [0.1, 0.15) is 17.8 Å². The number of likely N-dealkylation sites (N-methyl/N-ethyl adjacent to an activating group) is 1. The van der Waals surface area contributed by atoms with Gasteiger partial charge in [-0.25, -0.2) is 9.19 Å². The lowest BCUT2D eigenvalue weighted by atomic mass is 10.0. The van der Waals surface area contributed by atoms with Crippen LogP contribution in [-0.4, -0.2) is 59.3 Å². The second kappa shape index (κ2) is 12.9. The molecule has 1 aliphatic rings. The number of carbonyl (C=O) groups excluding carboxylic acids is 1. The third kappa shape index (κ3) is 7.10. The van der Waals surface area contributed by atoms with Gasteiger partial charge in [0.25, 0.3) is 11.1 Å². The third-order valence-electron chi connectivity index (χ3n) is 5.82. The Morgan fingerprint density at radius 1 is 1.23 bits per heavy atom. The van der Waals surface area contributed by atoms with E-state index in [9.17, 15) is 17.4 Å². The van der Waals surface area contributed by atoms with Crippen LogP contribution in [0.4, 0.5) is 18.2 Å². The number of nitrogens with zero attached hydrogens (tertiary/aromatic N) is 2. The van der Waals surface area contributed by atoms with Crippen molar-refractivity contribution in [3.8, 4) is 10.6 Å². The maximum Gasteiger partial charge on any atom is 0.497 e. The first-order valence-corrected chi connectivity index (χ1v) is 13.8. The van der Waals surface area contributed by atoms with Crippen molar-refractivity contribution in [2.45, 2.75) is 39.2 Å². The van der Waals surface area contributed by atoms with Crippen LogP contribution in [0.25, 0.3) is 20.8 Å². The standard InChI is InChI=1S/C19H24N3S2.C2H3F3O2S.C2H4O/c1-4-22(5-2)11-10-13-16(12-22)24-18(20-3)17(13)19-21-14-8-6-7-9-15(14)23-19;1-7-8(6)2(3,4)5;1-2-3/h6-9,20H,4-5,10-12H2,1-3H3;1H3;2H,1H3/q+1;;. The summed E-state index contributed by atoms with van der Waals surface area (Å²) in [6.45, 7) is 11.0. The summed E-state index contributed by atoms with van der Waals surface area (Å²) in [5.41, 5.74) is -0.723. The minimum Gasteiger partial charge on any atom is -0.379 e. The molecule has 1 unspecified atom stereocenters. The van der Waals surface area contributed by atoms with Gasteiger partial charge in [-0.2, -0.15) is 13.2 Å². The van der Waals surface area contributed by atoms with Crippen LogP contribution in [0, 0.1) is 0 Å². The average Bonchev–Trinajstić information content (AvgIpc) is 3.43. The molecular weight excluding hydrogens is 519 g/mol. The van der Waals surface area contributed by atoms with E-state index in [1.807, 2.05) is 29.7 Å². The summed E-state index contributed by atoms with van der Waals surface area (Å²) in [4.78, 5) is 15.3. The number of thiazole rings is 1. The fraction of sp³-hybridized carbons (Fsp3) is 0.478. The molecule has 12 heteroatoms. The Bertz CT molecular complexity index is 1110. The van der Waals surface area contributed by atoms with E-state index in [0.717, 1.165) is 18.9 Å². The van der Waals surface area contributed by atoms with Crippen molar-refractivity contribution in [2.75, 3.05) is 39.1 Å². The lowest BCUT2D eigenvalue weighted by molar-refractivity contribution is -0.939. The summed E-state index contributed by atoms with van der Waals surface area (Å²) in [6, 6.07) is 8.46. The number of aromatic nitrogens is 1. The summed E-state index contributed by atoms with van der Waals surface area (Å²) in [7, 11) is 2.76. The van der Waals surface area contributed by atoms with Crippen molar-refractivity contribution in [3.05, 3.63) is 34.7 Å². The third-order valence-corrected chi connectivity index (χ3v) is 8.79. The molecule has 1 atom stereocenters. The number of alkyl halides is 3. The molecule has 0 bridgehead atoms. The number of quaternary nitrogens is 1. The number of anilines is 1. The smallest absolute Gasteiger partial charge is 0.379 e. The van der Waals surface area contributed by atoms with Crippen molar-refractivity contribution in [1.82, 2.24) is 4.98 Å². The summed E-state index contributed by atoms with van der Waals surface area (Å²) in [5.74, 6) is 0. The molecule has 0 saturated carbocycles. The Labute approximate surface area is 214 Å². The van der Waals surface area contributed by atoms with E-state index in [4.69, 9.17) is 9.78 Å². The van der Waals surface area contributed by atoms with E-state index in [1.165, 1.54) is 64.3 Å². The van der Waals surface area contributed by atoms with E-state index in [-0.39, 0.29) is 0 Å². The quantitative estimate of drug-likeness (QED) is 0.312. The van der Waals surface area contributed by atoms with E-state index in [2.05, 4.69) is 47.6 Å². The largest absolute Gasteiger partial charge is 0.497 e. The van der Waals surface area contributed by atoms with Gasteiger partial charge in [0.2, 0.25) is 0 Å². The molecule has 35 heavy (non-hydrogen) atoms. The van der Waals surface area contributed by atoms with E-state index >= 15 is 0 Å². The number of hydrogen-bond donors (Lipinski definition) is 1. The van der Waals surface area contributed by atoms with Crippen LogP contribution in [0.15, 0.2) is 24.3 Å². The Morgan fingerprint density at radius 2 is 1.86 bits per heavy atom. The predicted molar refractivity (Wildman–Crippen MR) is 139 cm³/mol. The van der Waals surface area contributed by atoms with Gasteiger partial charge in [-0.05, 0) is 38.5 Å². The van der Waals surface area contributed by atoms with Gasteiger partial charge in [-0.15, -0.1) is 22.7 Å². The molecule has 0 radical (unpaired) electrons. The van der Waals surface area contributed by atoms with Gasteiger partial charge in [0.15, 0.2) is 0 Å². The van der Waals surface area contributed by atoms with Gasteiger partial charge in [0.05, 0.1) is 46.8 Å². The molecule has 4 rings (SSSR count). The van der Waals surface area contributed by atoms with Crippen LogP contribution < -0.4 is 5.32 Å². The number of rotatable bonds is 5. The first-order valence-electron chi connectivity index (χ1n) is 11.1. The zero-order valence-corrected chi connectivity index (χ0v) is 22.8. The number of aldehydes is 1. The topological polar surface area (TPSA) is 68.3 Å². The van der Waals surface area contributed by atoms with Crippen molar-refractivity contribution >= 4 is 55.3 Å². The minimum atomic E-state index is -4.74. The number of carbonyl (C=O) groups is 1. The Morgan fingerprint density at radius 3 is 2.34 bits per heavy atom. The first kappa shape index (κ1) is 29.4. The summed E-state index contributed by atoms with van der Waals surface area (Å²) < 4.78 is 48.6. The number of thiophene rings is 1. The fourth-order valence-corrected chi connectivity index (χ4v) is 6.51. The van der Waals surface area contributed by atoms with Crippen LogP contribution in [-0.2, 0) is 33.0 Å². The van der Waals surface area contributed by atoms with Crippen LogP contribution >= 0.6 is 22.7 Å². The highest BCUT2D eigenvalue weighted by Gasteiger charge is 2.37. The maximum absolute atomic E-state index is 11.0. The molecule has 6 nitrogen and oxygen atoms in total. The normalized spacial score (nSPS) is 15.2. The van der Waals surface area contributed by atoms with Gasteiger partial charge < -0.3 is 14.6 Å². The Kier molecular flexibility index (Phi) is 10.8. The predicted octanol–water partition coefficient (Wildman–Crippen LogP) is 6.00. The van der Waals surface area contributed by atoms with Crippen LogP contribution in [0.3, 0.4) is 0 Å². The molecule has 2 aromatic heterocycles. The molecule has 1 aromatic carbocycles. The molecule has 0 amide bonds. The fourth-order valence-electron chi connectivity index (χ4n) is 3.88. The highest BCUT2D eigenvalue weighted by molar-refractivity contribution is 7.81. The van der Waals surface area contributed by atoms with Crippen LogP contribution in [0.1, 0.15) is 31.2 Å². The van der Waals surface area contributed by atoms with E-state index in [0.29, 0.717) is 0 Å². The number of benzene rings is 1. The number of fused-ring (bicyclic) bond motifs is 2. The summed E-state index contributed by atoms with van der Waals surface area (Å²) >= 11 is 0.615. The van der Waals surface area contributed by atoms with Crippen molar-refractivity contribution in [3.63, 3.8) is 0 Å². The lowest BCUT2D eigenvalue weighted by Crippen LogP contribution is -2.50. The van der Waals surface area contributed by atoms with Crippen molar-refractivity contribution < 1.29 is 30.8 Å². The number of halogens is 3. The summed E-state index contributed by atoms with van der Waals surface area (Å²) in [6.07, 6.45) is 1.92. The molecule has 0 aliphatic carbocycles. The highest BCUT2D eigenvalue weighted by atomic mass is 32.2. The number of hydrogen-bond acceptors (Lipinski definition) is 7. The monoisotopic (exact) mass is 550 g/mol. The zero-order chi connectivity index (χ0) is 26.2. The van der Waals surface area contributed by atoms with Gasteiger partial charge >= 0.3 is 5.51 Å². The molecule has 1 N–H and O–H groups in total. The van der Waals surface area contributed by atoms with Gasteiger partial charge in [-0.3, -0.25) is 4.18 Å². The van der Waals surface area contributed by atoms with Crippen molar-refractivity contribution in [1.29, 1.82) is 0 Å². The van der Waals surface area contributed by atoms with Gasteiger partial charge in [0, 0.05) is 19.0 Å². The van der Waals surface area contributed by atoms with Crippen molar-refractivity contribution in [2.24, 2.45) is 0 Å². The average molecular weight is 551 g/mol. The number of nitrogens with one attached hydrogen (secondary N) is 1. The number of para-hydroxylation sites is 1. The molecule has 3 aromatic rings. The Hall–Kier alpha value is -1.86. The first-order chi connectivity index (χ1) is 16.6. The minimum absolute atomic E-state index is 0.726. The molecule has 194 valence electrons. The molecule has 3 heterocycles. The maximum atomic E-state index is 11.0. The van der Waals surface area contributed by atoms with E-state index in [1.54, 1.807) is 10.4 Å². The molecular formula is C23H31F3N3O3S3+. The second-order valence-electron chi connectivity index (χ2n) is 7.63. The zero-order valence-electron chi connectivity index (χ0n) is 20.4. The Balaban J connectivity index is 0.000000333. The van der Waals surface area contributed by atoms with Crippen LogP contribution in [0.5, 0.6) is 0 Å². The highest BCUT2D eigenvalue weighted by Crippen LogP contribution is 2.46. The molecule has 1 aliphatic heterocycles. The summed E-state index contributed by atoms with van der Waals surface area (Å²) in [5, 5.41) is 5.89. The van der Waals surface area contributed by atoms with E-state index < -0.39 is 16.6 Å². The molecule has 0 fully saturated rings. The van der Waals surface area contributed by atoms with Crippen LogP contribution in [0.2, 0.25) is 0 Å².